The lowest BCUT2D eigenvalue weighted by atomic mass is 10.1. The van der Waals surface area contributed by atoms with Gasteiger partial charge in [-0.2, -0.15) is 11.8 Å². The Hall–Kier alpha value is -3.61. The van der Waals surface area contributed by atoms with Gasteiger partial charge in [0, 0.05) is 24.9 Å². The van der Waals surface area contributed by atoms with E-state index in [0.29, 0.717) is 38.9 Å². The molecule has 2 atom stereocenters. The first-order valence-corrected chi connectivity index (χ1v) is 16.6. The molecule has 3 aromatic carbocycles. The van der Waals surface area contributed by atoms with Crippen LogP contribution in [0.1, 0.15) is 24.8 Å². The van der Waals surface area contributed by atoms with Gasteiger partial charge in [-0.15, -0.1) is 0 Å². The van der Waals surface area contributed by atoms with E-state index >= 15 is 0 Å². The van der Waals surface area contributed by atoms with Gasteiger partial charge in [0.05, 0.1) is 11.4 Å². The number of hydrogen-bond acceptors (Lipinski definition) is 7. The highest BCUT2D eigenvalue weighted by Crippen LogP contribution is 2.26. The number of thioether (sulfide) groups is 1. The summed E-state index contributed by atoms with van der Waals surface area (Å²) < 4.78 is 33.4. The molecule has 0 bridgehead atoms. The molecule has 1 aliphatic heterocycles. The molecule has 3 aromatic rings. The number of nitrogens with one attached hydrogen (secondary N) is 3. The van der Waals surface area contributed by atoms with Crippen molar-refractivity contribution in [2.24, 2.45) is 0 Å². The largest absolute Gasteiger partial charge is 0.445 e. The second-order valence-corrected chi connectivity index (χ2v) is 12.9. The lowest BCUT2D eigenvalue weighted by Crippen LogP contribution is -2.49. The van der Waals surface area contributed by atoms with Gasteiger partial charge in [0.25, 0.3) is 0 Å². The summed E-state index contributed by atoms with van der Waals surface area (Å²) in [4.78, 5) is 39.5. The van der Waals surface area contributed by atoms with E-state index < -0.39 is 34.6 Å². The molecular formula is C30H36N4O6S2. The van der Waals surface area contributed by atoms with E-state index in [0.717, 1.165) is 16.3 Å². The Morgan fingerprint density at radius 3 is 2.36 bits per heavy atom. The van der Waals surface area contributed by atoms with E-state index in [1.165, 1.54) is 11.0 Å². The zero-order chi connectivity index (χ0) is 30.0. The number of benzene rings is 3. The number of rotatable bonds is 13. The summed E-state index contributed by atoms with van der Waals surface area (Å²) in [5.41, 5.74) is 0.904. The fourth-order valence-electron chi connectivity index (χ4n) is 4.71. The first-order valence-electron chi connectivity index (χ1n) is 13.8. The number of carbonyl (C=O) groups is 3. The molecule has 0 radical (unpaired) electrons. The summed E-state index contributed by atoms with van der Waals surface area (Å²) in [6, 6.07) is 21.0. The standard InChI is InChI=1S/C30H36N4O6S2/c1-41-25-18-27(29(36)31-15-7-8-16-32-30(37)40-21-22-9-3-2-4-10-22)34(20-25)28(35)19-33-42(38,39)26-14-13-23-11-5-6-12-24(23)17-26/h2-6,9-14,17,25,27,33H,7-8,15-16,18-21H2,1H3,(H,31,36)(H,32,37)/t25-,27+/m1/s1. The van der Waals surface area contributed by atoms with E-state index in [9.17, 15) is 22.8 Å². The maximum atomic E-state index is 13.1. The maximum Gasteiger partial charge on any atom is 0.407 e. The molecule has 0 aromatic heterocycles. The first kappa shape index (κ1) is 31.3. The Morgan fingerprint density at radius 2 is 1.62 bits per heavy atom. The molecule has 10 nitrogen and oxygen atoms in total. The van der Waals surface area contributed by atoms with Crippen molar-refractivity contribution in [1.29, 1.82) is 0 Å². The van der Waals surface area contributed by atoms with Gasteiger partial charge in [0.1, 0.15) is 12.6 Å². The molecule has 0 spiro atoms. The number of sulfonamides is 1. The fourth-order valence-corrected chi connectivity index (χ4v) is 6.41. The van der Waals surface area contributed by atoms with Crippen LogP contribution in [0, 0.1) is 0 Å². The number of hydrogen-bond donors (Lipinski definition) is 3. The number of alkyl carbamates (subject to hydrolysis) is 1. The quantitative estimate of drug-likeness (QED) is 0.252. The molecule has 1 saturated heterocycles. The topological polar surface area (TPSA) is 134 Å². The monoisotopic (exact) mass is 612 g/mol. The van der Waals surface area contributed by atoms with E-state index in [4.69, 9.17) is 4.74 Å². The minimum absolute atomic E-state index is 0.0747. The number of carbonyl (C=O) groups excluding carboxylic acids is 3. The van der Waals surface area contributed by atoms with Gasteiger partial charge in [-0.05, 0) is 54.0 Å². The molecule has 1 aliphatic rings. The van der Waals surface area contributed by atoms with Crippen LogP contribution in [-0.2, 0) is 31.0 Å². The average Bonchev–Trinajstić information content (AvgIpc) is 3.46. The van der Waals surface area contributed by atoms with Crippen molar-refractivity contribution in [1.82, 2.24) is 20.3 Å². The lowest BCUT2D eigenvalue weighted by Gasteiger charge is -2.24. The molecule has 1 heterocycles. The van der Waals surface area contributed by atoms with Crippen LogP contribution in [0.2, 0.25) is 0 Å². The average molecular weight is 613 g/mol. The minimum Gasteiger partial charge on any atom is -0.445 e. The van der Waals surface area contributed by atoms with E-state index in [1.54, 1.807) is 23.9 Å². The first-order chi connectivity index (χ1) is 20.3. The van der Waals surface area contributed by atoms with Gasteiger partial charge in [0.2, 0.25) is 21.8 Å². The third-order valence-electron chi connectivity index (χ3n) is 7.05. The number of ether oxygens (including phenoxy) is 1. The van der Waals surface area contributed by atoms with E-state index in [-0.39, 0.29) is 22.7 Å². The van der Waals surface area contributed by atoms with Crippen molar-refractivity contribution < 1.29 is 27.5 Å². The highest BCUT2D eigenvalue weighted by atomic mass is 32.2. The summed E-state index contributed by atoms with van der Waals surface area (Å²) in [5.74, 6) is -0.721. The zero-order valence-corrected chi connectivity index (χ0v) is 25.1. The van der Waals surface area contributed by atoms with Gasteiger partial charge in [-0.1, -0.05) is 60.7 Å². The molecule has 1 fully saturated rings. The van der Waals surface area contributed by atoms with Crippen molar-refractivity contribution in [3.05, 3.63) is 78.4 Å². The molecule has 3 N–H and O–H groups in total. The molecule has 0 unspecified atom stereocenters. The molecule has 224 valence electrons. The molecule has 0 aliphatic carbocycles. The van der Waals surface area contributed by atoms with Crippen LogP contribution in [0.3, 0.4) is 0 Å². The summed E-state index contributed by atoms with van der Waals surface area (Å²) in [6.45, 7) is 0.915. The number of fused-ring (bicyclic) bond motifs is 1. The third kappa shape index (κ3) is 8.70. The van der Waals surface area contributed by atoms with Gasteiger partial charge in [0.15, 0.2) is 0 Å². The summed E-state index contributed by atoms with van der Waals surface area (Å²) in [7, 11) is -3.92. The van der Waals surface area contributed by atoms with Crippen molar-refractivity contribution >= 4 is 50.5 Å². The van der Waals surface area contributed by atoms with Crippen molar-refractivity contribution in [3.8, 4) is 0 Å². The van der Waals surface area contributed by atoms with Crippen molar-refractivity contribution in [2.75, 3.05) is 32.4 Å². The third-order valence-corrected chi connectivity index (χ3v) is 9.46. The molecule has 0 saturated carbocycles. The molecule has 12 heteroatoms. The Balaban J connectivity index is 1.20. The number of nitrogens with zero attached hydrogens (tertiary/aromatic N) is 1. The lowest BCUT2D eigenvalue weighted by molar-refractivity contribution is -0.137. The Kier molecular flexibility index (Phi) is 11.2. The van der Waals surface area contributed by atoms with Gasteiger partial charge >= 0.3 is 6.09 Å². The predicted molar refractivity (Wildman–Crippen MR) is 163 cm³/mol. The second kappa shape index (κ2) is 15.0. The Labute approximate surface area is 250 Å². The summed E-state index contributed by atoms with van der Waals surface area (Å²) in [6.07, 6.45) is 3.18. The molecular weight excluding hydrogens is 576 g/mol. The normalized spacial score (nSPS) is 16.7. The SMILES string of the molecule is CS[C@@H]1C[C@@H](C(=O)NCCCCNC(=O)OCc2ccccc2)N(C(=O)CNS(=O)(=O)c2ccc3ccccc3c2)C1. The van der Waals surface area contributed by atoms with Crippen LogP contribution in [-0.4, -0.2) is 75.0 Å². The Morgan fingerprint density at radius 1 is 0.929 bits per heavy atom. The van der Waals surface area contributed by atoms with E-state index in [2.05, 4.69) is 15.4 Å². The fraction of sp³-hybridized carbons (Fsp3) is 0.367. The van der Waals surface area contributed by atoms with Crippen LogP contribution < -0.4 is 15.4 Å². The molecule has 42 heavy (non-hydrogen) atoms. The smallest absolute Gasteiger partial charge is 0.407 e. The van der Waals surface area contributed by atoms with Crippen LogP contribution in [0.15, 0.2) is 77.7 Å². The van der Waals surface area contributed by atoms with Gasteiger partial charge in [-0.3, -0.25) is 9.59 Å². The van der Waals surface area contributed by atoms with Gasteiger partial charge < -0.3 is 20.3 Å². The maximum absolute atomic E-state index is 13.1. The van der Waals surface area contributed by atoms with Crippen LogP contribution in [0.5, 0.6) is 0 Å². The summed E-state index contributed by atoms with van der Waals surface area (Å²) in [5, 5.41) is 7.35. The van der Waals surface area contributed by atoms with Crippen LogP contribution in [0.4, 0.5) is 4.79 Å². The van der Waals surface area contributed by atoms with Crippen molar-refractivity contribution in [2.45, 2.75) is 42.1 Å². The number of unbranched alkanes of at least 4 members (excludes halogenated alkanes) is 1. The minimum atomic E-state index is -3.92. The highest BCUT2D eigenvalue weighted by molar-refractivity contribution is 7.99. The molecule has 3 amide bonds. The number of amides is 3. The molecule has 4 rings (SSSR count). The van der Waals surface area contributed by atoms with Crippen LogP contribution >= 0.6 is 11.8 Å². The predicted octanol–water partition coefficient (Wildman–Crippen LogP) is 3.27. The second-order valence-electron chi connectivity index (χ2n) is 9.98. The Bertz CT molecular complexity index is 1490. The van der Waals surface area contributed by atoms with E-state index in [1.807, 2.05) is 60.9 Å². The van der Waals surface area contributed by atoms with Crippen LogP contribution in [0.25, 0.3) is 10.8 Å². The van der Waals surface area contributed by atoms with Gasteiger partial charge in [-0.25, -0.2) is 17.9 Å². The zero-order valence-electron chi connectivity index (χ0n) is 23.5. The van der Waals surface area contributed by atoms with Crippen molar-refractivity contribution in [3.63, 3.8) is 0 Å². The summed E-state index contributed by atoms with van der Waals surface area (Å²) >= 11 is 1.57. The number of likely N-dealkylation sites (tertiary alicyclic amines) is 1. The highest BCUT2D eigenvalue weighted by Gasteiger charge is 2.39.